The second-order valence-electron chi connectivity index (χ2n) is 15.4. The van der Waals surface area contributed by atoms with Crippen molar-refractivity contribution in [3.8, 4) is 33.8 Å². The van der Waals surface area contributed by atoms with Crippen molar-refractivity contribution < 1.29 is 95.1 Å². The summed E-state index contributed by atoms with van der Waals surface area (Å²) in [5, 5.41) is 19.0. The molecule has 0 heterocycles. The van der Waals surface area contributed by atoms with Crippen LogP contribution >= 0.6 is 11.6 Å². The minimum absolute atomic E-state index is 0.0636. The molecule has 22 heteroatoms. The Kier molecular flexibility index (Phi) is 16.1. The van der Waals surface area contributed by atoms with Crippen molar-refractivity contribution in [2.45, 2.75) is 82.2 Å². The van der Waals surface area contributed by atoms with E-state index in [4.69, 9.17) is 16.3 Å². The van der Waals surface area contributed by atoms with Crippen LogP contribution in [0, 0.1) is 11.8 Å². The second-order valence-corrected chi connectivity index (χ2v) is 15.7. The molecule has 1 fully saturated rings. The van der Waals surface area contributed by atoms with E-state index in [0.717, 1.165) is 61.4 Å². The Hall–Kier alpha value is -5.34. The monoisotopic (exact) mass is 968 g/mol. The fourth-order valence-electron chi connectivity index (χ4n) is 6.52. The van der Waals surface area contributed by atoms with Crippen LogP contribution in [0.15, 0.2) is 72.8 Å². The van der Waals surface area contributed by atoms with Crippen LogP contribution in [0.4, 0.5) is 65.9 Å². The fourth-order valence-corrected chi connectivity index (χ4v) is 6.79. The summed E-state index contributed by atoms with van der Waals surface area (Å²) < 4.78 is 204. The predicted octanol–water partition coefficient (Wildman–Crippen LogP) is 14.5. The first-order valence-corrected chi connectivity index (χ1v) is 19.4. The average Bonchev–Trinajstić information content (AvgIpc) is 4.00. The number of aliphatic carboxylic acids is 2. The molecule has 0 saturated heterocycles. The summed E-state index contributed by atoms with van der Waals surface area (Å²) >= 11 is 6.21. The van der Waals surface area contributed by atoms with Crippen molar-refractivity contribution in [3.63, 3.8) is 0 Å². The van der Waals surface area contributed by atoms with Crippen LogP contribution in [-0.2, 0) is 28.1 Å². The summed E-state index contributed by atoms with van der Waals surface area (Å²) in [5.41, 5.74) is -4.75. The zero-order chi connectivity index (χ0) is 49.0. The van der Waals surface area contributed by atoms with Crippen LogP contribution in [0.5, 0.6) is 11.5 Å². The van der Waals surface area contributed by atoms with Crippen molar-refractivity contribution in [1.29, 1.82) is 0 Å². The molecule has 0 amide bonds. The molecule has 0 aromatic heterocycles. The average molecular weight is 969 g/mol. The van der Waals surface area contributed by atoms with E-state index in [1.807, 2.05) is 0 Å². The number of alkyl halides is 15. The number of carbonyl (C=O) groups is 2. The van der Waals surface area contributed by atoms with E-state index in [-0.39, 0.29) is 51.3 Å². The standard InChI is InChI=1S/C22H19F9O3.C21H17ClF6O3/c1-11(2)7-16(19(32)33)13-8-15(12-3-5-14(6-4-12)21(26,27)28)18(22(29,30)31)17(9-13)34-10-20(23,24)25;22-18-15(12-3-5-14(6-4-12)21(26,27)28)8-13(9-17(18)31-10-20(23,24)25)16(19(29)30)7-11-1-2-11/h3-6,8-9,11,16H,7,10H2,1-2H3,(H,32,33);3-6,8-9,11,16H,1-2,7,10H2,(H,29,30)/t2*16-/m10/s1. The van der Waals surface area contributed by atoms with Gasteiger partial charge in [0.15, 0.2) is 13.2 Å². The molecule has 0 bridgehead atoms. The van der Waals surface area contributed by atoms with Gasteiger partial charge in [0.1, 0.15) is 17.1 Å². The minimum Gasteiger partial charge on any atom is -0.483 e. The van der Waals surface area contributed by atoms with Gasteiger partial charge in [-0.25, -0.2) is 0 Å². The third-order valence-corrected chi connectivity index (χ3v) is 10.1. The first kappa shape index (κ1) is 52.3. The van der Waals surface area contributed by atoms with Crippen molar-refractivity contribution in [3.05, 3.63) is 106 Å². The van der Waals surface area contributed by atoms with Gasteiger partial charge < -0.3 is 19.7 Å². The Morgan fingerprint density at radius 1 is 0.600 bits per heavy atom. The second kappa shape index (κ2) is 20.0. The number of ether oxygens (including phenoxy) is 2. The van der Waals surface area contributed by atoms with Crippen LogP contribution < -0.4 is 9.47 Å². The third-order valence-electron chi connectivity index (χ3n) is 9.67. The summed E-state index contributed by atoms with van der Waals surface area (Å²) in [5.74, 6) is -6.71. The van der Waals surface area contributed by atoms with Crippen molar-refractivity contribution in [2.75, 3.05) is 13.2 Å². The van der Waals surface area contributed by atoms with E-state index >= 15 is 0 Å². The van der Waals surface area contributed by atoms with E-state index in [2.05, 4.69) is 4.74 Å². The lowest BCUT2D eigenvalue weighted by Crippen LogP contribution is -2.22. The first-order valence-electron chi connectivity index (χ1n) is 19.0. The predicted molar refractivity (Wildman–Crippen MR) is 204 cm³/mol. The van der Waals surface area contributed by atoms with Crippen molar-refractivity contribution in [1.82, 2.24) is 0 Å². The van der Waals surface area contributed by atoms with Gasteiger partial charge in [-0.1, -0.05) is 62.6 Å². The Morgan fingerprint density at radius 2 is 1.00 bits per heavy atom. The molecule has 1 aliphatic carbocycles. The number of benzene rings is 4. The molecule has 0 aliphatic heterocycles. The largest absolute Gasteiger partial charge is 0.483 e. The summed E-state index contributed by atoms with van der Waals surface area (Å²) in [6.45, 7) is -0.466. The lowest BCUT2D eigenvalue weighted by atomic mass is 9.86. The highest BCUT2D eigenvalue weighted by Gasteiger charge is 2.41. The molecule has 2 atom stereocenters. The summed E-state index contributed by atoms with van der Waals surface area (Å²) in [6, 6.07) is 10.3. The number of rotatable bonds is 14. The Balaban J connectivity index is 0.000000286. The van der Waals surface area contributed by atoms with Gasteiger partial charge in [0.2, 0.25) is 0 Å². The molecule has 1 saturated carbocycles. The van der Waals surface area contributed by atoms with Gasteiger partial charge in [-0.3, -0.25) is 9.59 Å². The van der Waals surface area contributed by atoms with E-state index in [1.165, 1.54) is 6.07 Å². The molecule has 4 aromatic rings. The van der Waals surface area contributed by atoms with Crippen molar-refractivity contribution >= 4 is 23.5 Å². The maximum Gasteiger partial charge on any atom is 0.422 e. The van der Waals surface area contributed by atoms with Crippen LogP contribution in [0.3, 0.4) is 0 Å². The molecular weight excluding hydrogens is 933 g/mol. The van der Waals surface area contributed by atoms with Crippen LogP contribution in [0.2, 0.25) is 5.02 Å². The smallest absolute Gasteiger partial charge is 0.422 e. The number of hydrogen-bond acceptors (Lipinski definition) is 4. The third kappa shape index (κ3) is 15.1. The van der Waals surface area contributed by atoms with Gasteiger partial charge in [0, 0.05) is 5.56 Å². The zero-order valence-corrected chi connectivity index (χ0v) is 34.3. The Labute approximate surface area is 364 Å². The maximum atomic E-state index is 13.9. The molecule has 0 radical (unpaired) electrons. The van der Waals surface area contributed by atoms with Gasteiger partial charge in [0.25, 0.3) is 0 Å². The zero-order valence-electron chi connectivity index (χ0n) is 33.6. The number of carboxylic acids is 2. The Morgan fingerprint density at radius 3 is 1.38 bits per heavy atom. The summed E-state index contributed by atoms with van der Waals surface area (Å²) in [4.78, 5) is 23.6. The van der Waals surface area contributed by atoms with Gasteiger partial charge in [0.05, 0.1) is 28.0 Å². The quantitative estimate of drug-likeness (QED) is 0.122. The highest BCUT2D eigenvalue weighted by molar-refractivity contribution is 6.34. The van der Waals surface area contributed by atoms with E-state index < -0.39 is 101 Å². The highest BCUT2D eigenvalue weighted by atomic mass is 35.5. The fraction of sp³-hybridized carbons (Fsp3) is 0.395. The number of carboxylic acid groups (broad SMARTS) is 2. The molecule has 5 rings (SSSR count). The molecule has 65 heavy (non-hydrogen) atoms. The summed E-state index contributed by atoms with van der Waals surface area (Å²) in [7, 11) is 0. The highest BCUT2D eigenvalue weighted by Crippen LogP contribution is 2.47. The van der Waals surface area contributed by atoms with Crippen LogP contribution in [-0.4, -0.2) is 47.7 Å². The van der Waals surface area contributed by atoms with Gasteiger partial charge in [-0.2, -0.15) is 65.9 Å². The van der Waals surface area contributed by atoms with Gasteiger partial charge in [-0.15, -0.1) is 0 Å². The molecule has 0 unspecified atom stereocenters. The number of halogens is 16. The molecular formula is C43H36ClF15O6. The molecule has 356 valence electrons. The molecule has 1 aliphatic rings. The molecule has 0 spiro atoms. The van der Waals surface area contributed by atoms with Gasteiger partial charge in [-0.05, 0) is 101 Å². The first-order chi connectivity index (χ1) is 29.7. The Bertz CT molecular complexity index is 2280. The van der Waals surface area contributed by atoms with E-state index in [0.29, 0.717) is 24.6 Å². The van der Waals surface area contributed by atoms with Crippen LogP contribution in [0.1, 0.15) is 79.2 Å². The minimum atomic E-state index is -5.27. The topological polar surface area (TPSA) is 93.1 Å². The summed E-state index contributed by atoms with van der Waals surface area (Å²) in [6.07, 6.45) is -22.3. The lowest BCUT2D eigenvalue weighted by Gasteiger charge is -2.23. The number of hydrogen-bond donors (Lipinski definition) is 2. The normalized spacial score (nSPS) is 14.6. The van der Waals surface area contributed by atoms with Crippen molar-refractivity contribution in [2.24, 2.45) is 11.8 Å². The van der Waals surface area contributed by atoms with E-state index in [9.17, 15) is 85.7 Å². The SMILES string of the molecule is CC(C)C[C@@H](C(=O)O)c1cc(OCC(F)(F)F)c(C(F)(F)F)c(-c2ccc(C(F)(F)F)cc2)c1.O=C(O)[C@@H](CC1CC1)c1cc(OCC(F)(F)F)c(Cl)c(-c2ccc(C(F)(F)F)cc2)c1. The van der Waals surface area contributed by atoms with Crippen LogP contribution in [0.25, 0.3) is 22.3 Å². The molecule has 4 aromatic carbocycles. The van der Waals surface area contributed by atoms with E-state index in [1.54, 1.807) is 13.8 Å². The molecule has 2 N–H and O–H groups in total. The maximum absolute atomic E-state index is 13.9. The molecule has 6 nitrogen and oxygen atoms in total. The lowest BCUT2D eigenvalue weighted by molar-refractivity contribution is -0.158. The van der Waals surface area contributed by atoms with Gasteiger partial charge >= 0.3 is 42.8 Å².